The number of H-pyrrole nitrogens is 1. The van der Waals surface area contributed by atoms with E-state index in [9.17, 15) is 10.1 Å². The van der Waals surface area contributed by atoms with Crippen molar-refractivity contribution < 1.29 is 4.92 Å². The minimum Gasteiger partial charge on any atom is -0.361 e. The van der Waals surface area contributed by atoms with Gasteiger partial charge >= 0.3 is 0 Å². The molecular weight excluding hydrogens is 283 g/mol. The molecule has 0 amide bonds. The quantitative estimate of drug-likeness (QED) is 0.498. The molecule has 2 aromatic rings. The Hall–Kier alpha value is -1.11. The highest BCUT2D eigenvalue weighted by Gasteiger charge is 2.12. The zero-order valence-corrected chi connectivity index (χ0v) is 8.61. The average molecular weight is 288 g/mol. The third-order valence-corrected chi connectivity index (χ3v) is 2.43. The lowest BCUT2D eigenvalue weighted by atomic mass is 10.2. The van der Waals surface area contributed by atoms with Gasteiger partial charge in [-0.1, -0.05) is 0 Å². The molecule has 0 fully saturated rings. The molecule has 0 aliphatic heterocycles. The van der Waals surface area contributed by atoms with E-state index in [0.29, 0.717) is 5.39 Å². The Kier molecular flexibility index (Phi) is 1.95. The number of rotatable bonds is 1. The highest BCUT2D eigenvalue weighted by molar-refractivity contribution is 14.1. The number of halogens is 1. The zero-order valence-electron chi connectivity index (χ0n) is 6.45. The van der Waals surface area contributed by atoms with Crippen LogP contribution in [0.25, 0.3) is 10.9 Å². The van der Waals surface area contributed by atoms with Crippen LogP contribution < -0.4 is 0 Å². The number of non-ortho nitro benzene ring substituents is 1. The second-order valence-electron chi connectivity index (χ2n) is 2.62. The second-order valence-corrected chi connectivity index (χ2v) is 3.87. The van der Waals surface area contributed by atoms with Gasteiger partial charge in [-0.3, -0.25) is 10.1 Å². The molecule has 0 aliphatic rings. The van der Waals surface area contributed by atoms with Crippen molar-refractivity contribution in [1.82, 2.24) is 4.98 Å². The van der Waals surface area contributed by atoms with E-state index in [0.717, 1.165) is 9.09 Å². The molecule has 0 aliphatic carbocycles. The van der Waals surface area contributed by atoms with Crippen LogP contribution >= 0.6 is 22.6 Å². The second kappa shape index (κ2) is 2.99. The first-order chi connectivity index (χ1) is 6.18. The third-order valence-electron chi connectivity index (χ3n) is 1.81. The summed E-state index contributed by atoms with van der Waals surface area (Å²) in [5.41, 5.74) is 0.960. The summed E-state index contributed by atoms with van der Waals surface area (Å²) in [6.45, 7) is 0. The molecule has 0 spiro atoms. The molecule has 1 aromatic heterocycles. The van der Waals surface area contributed by atoms with Gasteiger partial charge in [0, 0.05) is 15.8 Å². The number of nitrogens with one attached hydrogen (secondary N) is 1. The van der Waals surface area contributed by atoms with Gasteiger partial charge in [0.1, 0.15) is 0 Å². The average Bonchev–Trinajstić information content (AvgIpc) is 2.49. The van der Waals surface area contributed by atoms with Gasteiger partial charge in [-0.25, -0.2) is 0 Å². The highest BCUT2D eigenvalue weighted by Crippen LogP contribution is 2.27. The number of aromatic nitrogens is 1. The van der Waals surface area contributed by atoms with Gasteiger partial charge in [-0.15, -0.1) is 0 Å². The van der Waals surface area contributed by atoms with Gasteiger partial charge < -0.3 is 4.98 Å². The Bertz CT molecular complexity index is 478. The molecule has 0 saturated carbocycles. The topological polar surface area (TPSA) is 58.9 Å². The number of hydrogen-bond donors (Lipinski definition) is 1. The van der Waals surface area contributed by atoms with Crippen molar-refractivity contribution in [3.63, 3.8) is 0 Å². The minimum atomic E-state index is -0.363. The maximum Gasteiger partial charge on any atom is 0.279 e. The van der Waals surface area contributed by atoms with Crippen LogP contribution in [0.1, 0.15) is 0 Å². The smallest absolute Gasteiger partial charge is 0.279 e. The summed E-state index contributed by atoms with van der Waals surface area (Å²) < 4.78 is 0.860. The van der Waals surface area contributed by atoms with E-state index in [2.05, 4.69) is 27.6 Å². The molecule has 0 bridgehead atoms. The molecule has 1 heterocycles. The minimum absolute atomic E-state index is 0.156. The standard InChI is InChI=1S/C8H5IN2O2/c9-5-3-7-6(1-2-10-7)8(4-5)11(12)13/h1-4,10H. The van der Waals surface area contributed by atoms with Crippen molar-refractivity contribution in [2.45, 2.75) is 0 Å². The van der Waals surface area contributed by atoms with E-state index in [1.54, 1.807) is 18.3 Å². The maximum atomic E-state index is 10.7. The van der Waals surface area contributed by atoms with E-state index in [-0.39, 0.29) is 10.6 Å². The molecule has 0 saturated heterocycles. The number of aromatic amines is 1. The normalized spacial score (nSPS) is 10.5. The van der Waals surface area contributed by atoms with Gasteiger partial charge in [-0.2, -0.15) is 0 Å². The summed E-state index contributed by atoms with van der Waals surface area (Å²) >= 11 is 2.06. The van der Waals surface area contributed by atoms with Crippen LogP contribution in [0.2, 0.25) is 0 Å². The fourth-order valence-electron chi connectivity index (χ4n) is 1.26. The van der Waals surface area contributed by atoms with Crippen LogP contribution in [0.15, 0.2) is 24.4 Å². The summed E-state index contributed by atoms with van der Waals surface area (Å²) in [7, 11) is 0. The molecule has 13 heavy (non-hydrogen) atoms. The summed E-state index contributed by atoms with van der Waals surface area (Å²) in [6.07, 6.45) is 1.70. The number of nitrogens with zero attached hydrogens (tertiary/aromatic N) is 1. The number of nitro groups is 1. The fourth-order valence-corrected chi connectivity index (χ4v) is 1.87. The van der Waals surface area contributed by atoms with E-state index in [4.69, 9.17) is 0 Å². The largest absolute Gasteiger partial charge is 0.361 e. The van der Waals surface area contributed by atoms with Crippen molar-refractivity contribution in [3.05, 3.63) is 38.1 Å². The Balaban J connectivity index is 2.84. The molecule has 0 atom stereocenters. The zero-order chi connectivity index (χ0) is 9.42. The predicted octanol–water partition coefficient (Wildman–Crippen LogP) is 2.68. The number of nitro benzene ring substituents is 1. The molecular formula is C8H5IN2O2. The molecule has 1 N–H and O–H groups in total. The summed E-state index contributed by atoms with van der Waals surface area (Å²) in [6, 6.07) is 5.16. The van der Waals surface area contributed by atoms with Crippen LogP contribution in [0.5, 0.6) is 0 Å². The Labute approximate surface area is 87.2 Å². The van der Waals surface area contributed by atoms with Crippen LogP contribution in [-0.4, -0.2) is 9.91 Å². The Morgan fingerprint density at radius 3 is 2.92 bits per heavy atom. The Morgan fingerprint density at radius 1 is 1.46 bits per heavy atom. The van der Waals surface area contributed by atoms with Gasteiger partial charge in [0.25, 0.3) is 5.69 Å². The fraction of sp³-hybridized carbons (Fsp3) is 0. The van der Waals surface area contributed by atoms with E-state index >= 15 is 0 Å². The summed E-state index contributed by atoms with van der Waals surface area (Å²) in [5.74, 6) is 0. The molecule has 0 radical (unpaired) electrons. The van der Waals surface area contributed by atoms with E-state index in [1.807, 2.05) is 6.07 Å². The van der Waals surface area contributed by atoms with Crippen LogP contribution in [0.3, 0.4) is 0 Å². The molecule has 5 heteroatoms. The number of hydrogen-bond acceptors (Lipinski definition) is 2. The first-order valence-corrected chi connectivity index (χ1v) is 4.67. The monoisotopic (exact) mass is 288 g/mol. The lowest BCUT2D eigenvalue weighted by Gasteiger charge is -1.95. The number of fused-ring (bicyclic) bond motifs is 1. The third kappa shape index (κ3) is 1.39. The van der Waals surface area contributed by atoms with Crippen molar-refractivity contribution in [2.75, 3.05) is 0 Å². The first-order valence-electron chi connectivity index (χ1n) is 3.59. The predicted molar refractivity (Wildman–Crippen MR) is 57.7 cm³/mol. The Morgan fingerprint density at radius 2 is 2.23 bits per heavy atom. The van der Waals surface area contributed by atoms with E-state index < -0.39 is 0 Å². The SMILES string of the molecule is O=[N+]([O-])c1cc(I)cc2[nH]ccc12. The van der Waals surface area contributed by atoms with Crippen LogP contribution in [-0.2, 0) is 0 Å². The molecule has 2 rings (SSSR count). The lowest BCUT2D eigenvalue weighted by molar-refractivity contribution is -0.383. The van der Waals surface area contributed by atoms with Gasteiger partial charge in [-0.05, 0) is 34.7 Å². The lowest BCUT2D eigenvalue weighted by Crippen LogP contribution is -1.89. The first kappa shape index (κ1) is 8.49. The van der Waals surface area contributed by atoms with E-state index in [1.165, 1.54) is 0 Å². The van der Waals surface area contributed by atoms with Crippen molar-refractivity contribution in [3.8, 4) is 0 Å². The summed E-state index contributed by atoms with van der Waals surface area (Å²) in [5, 5.41) is 11.3. The van der Waals surface area contributed by atoms with Crippen LogP contribution in [0, 0.1) is 13.7 Å². The van der Waals surface area contributed by atoms with Gasteiger partial charge in [0.15, 0.2) is 0 Å². The summed E-state index contributed by atoms with van der Waals surface area (Å²) in [4.78, 5) is 13.2. The van der Waals surface area contributed by atoms with Crippen molar-refractivity contribution >= 4 is 39.2 Å². The van der Waals surface area contributed by atoms with Crippen molar-refractivity contribution in [2.24, 2.45) is 0 Å². The molecule has 66 valence electrons. The highest BCUT2D eigenvalue weighted by atomic mass is 127. The van der Waals surface area contributed by atoms with Crippen LogP contribution in [0.4, 0.5) is 5.69 Å². The van der Waals surface area contributed by atoms with Crippen molar-refractivity contribution in [1.29, 1.82) is 0 Å². The molecule has 0 unspecified atom stereocenters. The molecule has 1 aromatic carbocycles. The number of benzene rings is 1. The van der Waals surface area contributed by atoms with Gasteiger partial charge in [0.05, 0.1) is 15.8 Å². The maximum absolute atomic E-state index is 10.7. The van der Waals surface area contributed by atoms with Gasteiger partial charge in [0.2, 0.25) is 0 Å². The molecule has 4 nitrogen and oxygen atoms in total.